The second-order valence-electron chi connectivity index (χ2n) is 5.22. The number of ether oxygens (including phenoxy) is 2. The van der Waals surface area contributed by atoms with Crippen LogP contribution in [0.15, 0.2) is 24.3 Å². The van der Waals surface area contributed by atoms with Crippen LogP contribution in [0.4, 0.5) is 0 Å². The highest BCUT2D eigenvalue weighted by atomic mass is 16.5. The van der Waals surface area contributed by atoms with Crippen molar-refractivity contribution < 1.29 is 9.47 Å². The summed E-state index contributed by atoms with van der Waals surface area (Å²) in [6, 6.07) is 8.55. The molecule has 0 aliphatic heterocycles. The predicted octanol–water partition coefficient (Wildman–Crippen LogP) is 3.38. The summed E-state index contributed by atoms with van der Waals surface area (Å²) in [4.78, 5) is 0. The molecular formula is C16H25NO2. The Labute approximate surface area is 116 Å². The molecule has 1 fully saturated rings. The molecule has 3 nitrogen and oxygen atoms in total. The Balaban J connectivity index is 1.72. The summed E-state index contributed by atoms with van der Waals surface area (Å²) in [5.41, 5.74) is 0. The first-order valence-electron chi connectivity index (χ1n) is 7.41. The number of benzene rings is 1. The van der Waals surface area contributed by atoms with Crippen LogP contribution in [0.1, 0.15) is 39.5 Å². The standard InChI is InChI=1S/C16H25NO2/c1-3-18-15-8-10-16(11-9-15)19-13(2)12-17-14-6-4-5-7-14/h8-11,13-14,17H,3-7,12H2,1-2H3. The van der Waals surface area contributed by atoms with Gasteiger partial charge >= 0.3 is 0 Å². The summed E-state index contributed by atoms with van der Waals surface area (Å²) in [6.45, 7) is 5.71. The number of hydrogen-bond acceptors (Lipinski definition) is 3. The predicted molar refractivity (Wildman–Crippen MR) is 78.0 cm³/mol. The van der Waals surface area contributed by atoms with E-state index in [1.165, 1.54) is 25.7 Å². The molecule has 0 spiro atoms. The fourth-order valence-corrected chi connectivity index (χ4v) is 2.52. The molecule has 3 heteroatoms. The van der Waals surface area contributed by atoms with E-state index >= 15 is 0 Å². The SMILES string of the molecule is CCOc1ccc(OC(C)CNC2CCCC2)cc1. The Morgan fingerprint density at radius 2 is 1.79 bits per heavy atom. The highest BCUT2D eigenvalue weighted by Gasteiger charge is 2.15. The van der Waals surface area contributed by atoms with Gasteiger partial charge in [-0.15, -0.1) is 0 Å². The Morgan fingerprint density at radius 3 is 2.42 bits per heavy atom. The third-order valence-corrected chi connectivity index (χ3v) is 3.52. The van der Waals surface area contributed by atoms with Crippen LogP contribution in [-0.4, -0.2) is 25.3 Å². The van der Waals surface area contributed by atoms with Crippen LogP contribution in [-0.2, 0) is 0 Å². The van der Waals surface area contributed by atoms with Gasteiger partial charge in [-0.05, 0) is 51.0 Å². The zero-order valence-electron chi connectivity index (χ0n) is 12.0. The zero-order valence-corrected chi connectivity index (χ0v) is 12.0. The summed E-state index contributed by atoms with van der Waals surface area (Å²) in [7, 11) is 0. The summed E-state index contributed by atoms with van der Waals surface area (Å²) in [6.07, 6.45) is 5.56. The van der Waals surface area contributed by atoms with Crippen LogP contribution >= 0.6 is 0 Å². The third kappa shape index (κ3) is 4.75. The maximum absolute atomic E-state index is 5.89. The van der Waals surface area contributed by atoms with Gasteiger partial charge in [-0.25, -0.2) is 0 Å². The van der Waals surface area contributed by atoms with Crippen molar-refractivity contribution in [2.24, 2.45) is 0 Å². The molecule has 1 unspecified atom stereocenters. The molecule has 0 saturated heterocycles. The molecule has 0 aromatic heterocycles. The summed E-state index contributed by atoms with van der Waals surface area (Å²) in [5.74, 6) is 1.80. The van der Waals surface area contributed by atoms with E-state index in [2.05, 4.69) is 12.2 Å². The van der Waals surface area contributed by atoms with Gasteiger partial charge in [0.25, 0.3) is 0 Å². The molecule has 0 radical (unpaired) electrons. The second kappa shape index (κ2) is 7.39. The van der Waals surface area contributed by atoms with Gasteiger partial charge < -0.3 is 14.8 Å². The second-order valence-corrected chi connectivity index (χ2v) is 5.22. The van der Waals surface area contributed by atoms with Crippen molar-refractivity contribution in [1.29, 1.82) is 0 Å². The van der Waals surface area contributed by atoms with Crippen LogP contribution in [0, 0.1) is 0 Å². The van der Waals surface area contributed by atoms with E-state index in [4.69, 9.17) is 9.47 Å². The maximum atomic E-state index is 5.89. The van der Waals surface area contributed by atoms with Gasteiger partial charge in [-0.3, -0.25) is 0 Å². The lowest BCUT2D eigenvalue weighted by molar-refractivity contribution is 0.211. The highest BCUT2D eigenvalue weighted by molar-refractivity contribution is 5.31. The van der Waals surface area contributed by atoms with Crippen molar-refractivity contribution in [1.82, 2.24) is 5.32 Å². The van der Waals surface area contributed by atoms with E-state index in [-0.39, 0.29) is 6.10 Å². The molecular weight excluding hydrogens is 238 g/mol. The minimum atomic E-state index is 0.193. The summed E-state index contributed by atoms with van der Waals surface area (Å²) < 4.78 is 11.3. The van der Waals surface area contributed by atoms with Crippen molar-refractivity contribution >= 4 is 0 Å². The minimum absolute atomic E-state index is 0.193. The Morgan fingerprint density at radius 1 is 1.16 bits per heavy atom. The lowest BCUT2D eigenvalue weighted by Crippen LogP contribution is -2.35. The van der Waals surface area contributed by atoms with Gasteiger partial charge in [0.1, 0.15) is 17.6 Å². The highest BCUT2D eigenvalue weighted by Crippen LogP contribution is 2.19. The Bertz CT molecular complexity index is 358. The topological polar surface area (TPSA) is 30.5 Å². The van der Waals surface area contributed by atoms with E-state index in [9.17, 15) is 0 Å². The molecule has 0 bridgehead atoms. The maximum Gasteiger partial charge on any atom is 0.120 e. The molecule has 19 heavy (non-hydrogen) atoms. The molecule has 0 amide bonds. The molecule has 1 N–H and O–H groups in total. The van der Waals surface area contributed by atoms with E-state index in [1.54, 1.807) is 0 Å². The van der Waals surface area contributed by atoms with Crippen molar-refractivity contribution in [2.75, 3.05) is 13.2 Å². The molecule has 106 valence electrons. The molecule has 1 saturated carbocycles. The largest absolute Gasteiger partial charge is 0.494 e. The van der Waals surface area contributed by atoms with Gasteiger partial charge in [0, 0.05) is 12.6 Å². The molecule has 1 aliphatic carbocycles. The average molecular weight is 263 g/mol. The van der Waals surface area contributed by atoms with E-state index in [1.807, 2.05) is 31.2 Å². The summed E-state index contributed by atoms with van der Waals surface area (Å²) >= 11 is 0. The lowest BCUT2D eigenvalue weighted by atomic mass is 10.2. The van der Waals surface area contributed by atoms with Crippen molar-refractivity contribution in [3.8, 4) is 11.5 Å². The minimum Gasteiger partial charge on any atom is -0.494 e. The van der Waals surface area contributed by atoms with E-state index in [0.29, 0.717) is 12.6 Å². The Hall–Kier alpha value is -1.22. The number of rotatable bonds is 7. The third-order valence-electron chi connectivity index (χ3n) is 3.52. The fraction of sp³-hybridized carbons (Fsp3) is 0.625. The molecule has 2 rings (SSSR count). The quantitative estimate of drug-likeness (QED) is 0.818. The monoisotopic (exact) mass is 263 g/mol. The smallest absolute Gasteiger partial charge is 0.120 e. The van der Waals surface area contributed by atoms with Crippen molar-refractivity contribution in [2.45, 2.75) is 51.7 Å². The molecule has 1 atom stereocenters. The molecule has 1 aliphatic rings. The average Bonchev–Trinajstić information content (AvgIpc) is 2.92. The fourth-order valence-electron chi connectivity index (χ4n) is 2.52. The first-order valence-corrected chi connectivity index (χ1v) is 7.41. The molecule has 1 aromatic rings. The van der Waals surface area contributed by atoms with Crippen LogP contribution in [0.5, 0.6) is 11.5 Å². The van der Waals surface area contributed by atoms with Gasteiger partial charge in [-0.1, -0.05) is 12.8 Å². The van der Waals surface area contributed by atoms with E-state index in [0.717, 1.165) is 18.0 Å². The van der Waals surface area contributed by atoms with Crippen LogP contribution in [0.3, 0.4) is 0 Å². The number of hydrogen-bond donors (Lipinski definition) is 1. The van der Waals surface area contributed by atoms with Crippen LogP contribution in [0.25, 0.3) is 0 Å². The van der Waals surface area contributed by atoms with Gasteiger partial charge in [-0.2, -0.15) is 0 Å². The van der Waals surface area contributed by atoms with Crippen LogP contribution in [0.2, 0.25) is 0 Å². The molecule has 0 heterocycles. The van der Waals surface area contributed by atoms with Gasteiger partial charge in [0.05, 0.1) is 6.61 Å². The Kier molecular flexibility index (Phi) is 5.52. The van der Waals surface area contributed by atoms with Gasteiger partial charge in [0.15, 0.2) is 0 Å². The number of nitrogens with one attached hydrogen (secondary N) is 1. The first kappa shape index (κ1) is 14.2. The summed E-state index contributed by atoms with van der Waals surface area (Å²) in [5, 5.41) is 3.58. The first-order chi connectivity index (χ1) is 9.28. The molecule has 1 aromatic carbocycles. The van der Waals surface area contributed by atoms with Crippen LogP contribution < -0.4 is 14.8 Å². The van der Waals surface area contributed by atoms with Crippen molar-refractivity contribution in [3.63, 3.8) is 0 Å². The van der Waals surface area contributed by atoms with Gasteiger partial charge in [0.2, 0.25) is 0 Å². The normalized spacial score (nSPS) is 17.4. The lowest BCUT2D eigenvalue weighted by Gasteiger charge is -2.18. The van der Waals surface area contributed by atoms with Crippen molar-refractivity contribution in [3.05, 3.63) is 24.3 Å². The van der Waals surface area contributed by atoms with E-state index < -0.39 is 0 Å². The zero-order chi connectivity index (χ0) is 13.5.